The number of carbonyl (C=O) groups excluding carboxylic acids is 1. The van der Waals surface area contributed by atoms with Gasteiger partial charge in [0, 0.05) is 16.1 Å². The molecule has 0 radical (unpaired) electrons. The summed E-state index contributed by atoms with van der Waals surface area (Å²) in [6.45, 7) is 1.92. The molecule has 0 saturated carbocycles. The number of amides is 1. The molecule has 1 N–H and O–H groups in total. The van der Waals surface area contributed by atoms with Crippen LogP contribution < -0.4 is 5.43 Å². The maximum Gasteiger partial charge on any atom is 0.324 e. The van der Waals surface area contributed by atoms with E-state index in [9.17, 15) is 14.9 Å². The van der Waals surface area contributed by atoms with Gasteiger partial charge in [-0.25, -0.2) is 5.43 Å². The summed E-state index contributed by atoms with van der Waals surface area (Å²) in [7, 11) is 0. The van der Waals surface area contributed by atoms with Crippen molar-refractivity contribution < 1.29 is 9.72 Å². The molecule has 0 fully saturated rings. The van der Waals surface area contributed by atoms with Crippen LogP contribution >= 0.6 is 27.3 Å². The van der Waals surface area contributed by atoms with E-state index in [1.165, 1.54) is 12.3 Å². The molecule has 1 heterocycles. The third kappa shape index (κ3) is 3.96. The van der Waals surface area contributed by atoms with Gasteiger partial charge in [-0.15, -0.1) is 0 Å². The smallest absolute Gasteiger partial charge is 0.267 e. The fourth-order valence-electron chi connectivity index (χ4n) is 1.46. The number of rotatable bonds is 4. The fraction of sp³-hybridized carbons (Fsp3) is 0.0769. The van der Waals surface area contributed by atoms with Crippen LogP contribution in [0.2, 0.25) is 0 Å². The first-order chi connectivity index (χ1) is 9.97. The first-order valence-corrected chi connectivity index (χ1v) is 7.42. The zero-order valence-electron chi connectivity index (χ0n) is 10.9. The molecule has 1 aromatic heterocycles. The Balaban J connectivity index is 2.01. The molecule has 6 nitrogen and oxygen atoms in total. The molecule has 2 aromatic rings. The maximum atomic E-state index is 11.9. The zero-order valence-corrected chi connectivity index (χ0v) is 13.3. The molecule has 8 heteroatoms. The average Bonchev–Trinajstić information content (AvgIpc) is 2.91. The lowest BCUT2D eigenvalue weighted by molar-refractivity contribution is -0.380. The molecule has 0 saturated heterocycles. The van der Waals surface area contributed by atoms with Crippen molar-refractivity contribution in [2.24, 2.45) is 5.10 Å². The highest BCUT2D eigenvalue weighted by Crippen LogP contribution is 2.22. The number of hydrogen-bond donors (Lipinski definition) is 1. The van der Waals surface area contributed by atoms with Crippen molar-refractivity contribution in [1.29, 1.82) is 0 Å². The van der Waals surface area contributed by atoms with Gasteiger partial charge in [0.25, 0.3) is 5.91 Å². The lowest BCUT2D eigenvalue weighted by Crippen LogP contribution is -2.17. The lowest BCUT2D eigenvalue weighted by Gasteiger charge is -2.02. The van der Waals surface area contributed by atoms with E-state index in [1.54, 1.807) is 18.2 Å². The van der Waals surface area contributed by atoms with Gasteiger partial charge in [-0.2, -0.15) is 5.10 Å². The zero-order chi connectivity index (χ0) is 15.4. The van der Waals surface area contributed by atoms with Crippen molar-refractivity contribution in [2.75, 3.05) is 0 Å². The first-order valence-electron chi connectivity index (χ1n) is 5.81. The van der Waals surface area contributed by atoms with Gasteiger partial charge in [-0.3, -0.25) is 14.9 Å². The Bertz CT molecular complexity index is 727. The molecule has 0 bridgehead atoms. The lowest BCUT2D eigenvalue weighted by atomic mass is 10.1. The summed E-state index contributed by atoms with van der Waals surface area (Å²) in [5.41, 5.74) is 3.88. The highest BCUT2D eigenvalue weighted by atomic mass is 79.9. The summed E-state index contributed by atoms with van der Waals surface area (Å²) in [4.78, 5) is 22.5. The summed E-state index contributed by atoms with van der Waals surface area (Å²) in [6.07, 6.45) is 1.37. The van der Waals surface area contributed by atoms with Crippen LogP contribution in [0.4, 0.5) is 5.00 Å². The molecule has 1 amide bonds. The van der Waals surface area contributed by atoms with Crippen LogP contribution in [0.1, 0.15) is 20.8 Å². The number of nitrogens with one attached hydrogen (secondary N) is 1. The van der Waals surface area contributed by atoms with Crippen molar-refractivity contribution in [3.05, 3.63) is 60.9 Å². The van der Waals surface area contributed by atoms with Crippen LogP contribution in [0.5, 0.6) is 0 Å². The number of halogens is 1. The second-order valence-electron chi connectivity index (χ2n) is 4.10. The summed E-state index contributed by atoms with van der Waals surface area (Å²) in [5, 5.41) is 14.4. The number of aryl methyl sites for hydroxylation is 1. The number of hydrazone groups is 1. The number of carbonyl (C=O) groups is 1. The minimum absolute atomic E-state index is 0.0326. The number of thiophene rings is 1. The van der Waals surface area contributed by atoms with Crippen LogP contribution in [0.25, 0.3) is 0 Å². The quantitative estimate of drug-likeness (QED) is 0.509. The summed E-state index contributed by atoms with van der Waals surface area (Å²) in [6, 6.07) is 8.19. The molecule has 0 unspecified atom stereocenters. The van der Waals surface area contributed by atoms with Crippen molar-refractivity contribution in [1.82, 2.24) is 5.43 Å². The van der Waals surface area contributed by atoms with Crippen LogP contribution in [-0.4, -0.2) is 17.0 Å². The van der Waals surface area contributed by atoms with Gasteiger partial charge in [0.05, 0.1) is 16.0 Å². The van der Waals surface area contributed by atoms with E-state index in [2.05, 4.69) is 26.5 Å². The summed E-state index contributed by atoms with van der Waals surface area (Å²) in [5.74, 6) is -0.349. The predicted octanol–water partition coefficient (Wildman–Crippen LogP) is 3.49. The van der Waals surface area contributed by atoms with Gasteiger partial charge in [0.15, 0.2) is 0 Å². The van der Waals surface area contributed by atoms with E-state index in [-0.39, 0.29) is 10.9 Å². The number of hydrogen-bond acceptors (Lipinski definition) is 5. The topological polar surface area (TPSA) is 84.6 Å². The second kappa shape index (κ2) is 6.59. The molecule has 21 heavy (non-hydrogen) atoms. The van der Waals surface area contributed by atoms with Crippen molar-refractivity contribution in [3.63, 3.8) is 0 Å². The van der Waals surface area contributed by atoms with E-state index in [1.807, 2.05) is 13.0 Å². The van der Waals surface area contributed by atoms with Gasteiger partial charge in [-0.05, 0) is 30.7 Å². The molecule has 0 aliphatic heterocycles. The van der Waals surface area contributed by atoms with Gasteiger partial charge >= 0.3 is 5.00 Å². The van der Waals surface area contributed by atoms with Crippen molar-refractivity contribution in [2.45, 2.75) is 6.92 Å². The molecular weight excluding hydrogens is 358 g/mol. The van der Waals surface area contributed by atoms with Crippen LogP contribution in [0, 0.1) is 17.0 Å². The highest BCUT2D eigenvalue weighted by molar-refractivity contribution is 9.10. The molecule has 0 spiro atoms. The minimum Gasteiger partial charge on any atom is -0.267 e. The molecule has 2 rings (SSSR count). The van der Waals surface area contributed by atoms with Crippen molar-refractivity contribution >= 4 is 44.4 Å². The number of nitro groups is 1. The summed E-state index contributed by atoms with van der Waals surface area (Å²) < 4.78 is 0.841. The number of benzene rings is 1. The summed E-state index contributed by atoms with van der Waals surface area (Å²) >= 11 is 4.34. The average molecular weight is 368 g/mol. The normalized spacial score (nSPS) is 10.8. The third-order valence-electron chi connectivity index (χ3n) is 2.58. The van der Waals surface area contributed by atoms with E-state index in [0.717, 1.165) is 21.4 Å². The minimum atomic E-state index is -0.468. The standard InChI is InChI=1S/C13H10BrN3O3S/c1-8-2-3-9(6-11(8)14)13(18)16-15-7-10-4-5-12(21-10)17(19)20/h2-7H,1H3,(H,16,18). The Hall–Kier alpha value is -2.06. The fourth-order valence-corrected chi connectivity index (χ4v) is 2.54. The van der Waals surface area contributed by atoms with Crippen LogP contribution in [-0.2, 0) is 0 Å². The van der Waals surface area contributed by atoms with Gasteiger partial charge in [0.1, 0.15) is 0 Å². The Morgan fingerprint density at radius 1 is 1.43 bits per heavy atom. The Kier molecular flexibility index (Phi) is 4.81. The third-order valence-corrected chi connectivity index (χ3v) is 4.41. The van der Waals surface area contributed by atoms with E-state index < -0.39 is 4.92 Å². The predicted molar refractivity (Wildman–Crippen MR) is 84.9 cm³/mol. The maximum absolute atomic E-state index is 11.9. The van der Waals surface area contributed by atoms with E-state index in [4.69, 9.17) is 0 Å². The van der Waals surface area contributed by atoms with E-state index >= 15 is 0 Å². The second-order valence-corrected chi connectivity index (χ2v) is 6.04. The molecule has 108 valence electrons. The molecule has 0 atom stereocenters. The SMILES string of the molecule is Cc1ccc(C(=O)NN=Cc2ccc([N+](=O)[O-])s2)cc1Br. The molecule has 1 aromatic carbocycles. The van der Waals surface area contributed by atoms with E-state index in [0.29, 0.717) is 10.4 Å². The Morgan fingerprint density at radius 3 is 2.81 bits per heavy atom. The first kappa shape index (κ1) is 15.3. The molecular formula is C13H10BrN3O3S. The molecule has 0 aliphatic rings. The monoisotopic (exact) mass is 367 g/mol. The van der Waals surface area contributed by atoms with Gasteiger partial charge in [-0.1, -0.05) is 33.3 Å². The molecule has 0 aliphatic carbocycles. The number of nitrogens with zero attached hydrogens (tertiary/aromatic N) is 2. The largest absolute Gasteiger partial charge is 0.324 e. The Labute approximate surface area is 132 Å². The van der Waals surface area contributed by atoms with Gasteiger partial charge in [0.2, 0.25) is 0 Å². The Morgan fingerprint density at radius 2 is 2.19 bits per heavy atom. The van der Waals surface area contributed by atoms with Crippen LogP contribution in [0.3, 0.4) is 0 Å². The van der Waals surface area contributed by atoms with Crippen LogP contribution in [0.15, 0.2) is 39.9 Å². The van der Waals surface area contributed by atoms with Gasteiger partial charge < -0.3 is 0 Å². The van der Waals surface area contributed by atoms with Crippen molar-refractivity contribution in [3.8, 4) is 0 Å². The highest BCUT2D eigenvalue weighted by Gasteiger charge is 2.09.